The van der Waals surface area contributed by atoms with Gasteiger partial charge < -0.3 is 33.2 Å². The highest BCUT2D eigenvalue weighted by Crippen LogP contribution is 2.39. The monoisotopic (exact) mass is 972 g/mol. The summed E-state index contributed by atoms with van der Waals surface area (Å²) in [6.07, 6.45) is -13.4. The minimum absolute atomic E-state index is 0.0381. The van der Waals surface area contributed by atoms with E-state index in [0.29, 0.717) is 6.42 Å². The highest BCUT2D eigenvalue weighted by molar-refractivity contribution is 5.88. The highest BCUT2D eigenvalue weighted by atomic mass is 19.4. The van der Waals surface area contributed by atoms with Crippen LogP contribution in [-0.2, 0) is 66.7 Å². The number of ether oxygens (including phenoxy) is 7. The lowest BCUT2D eigenvalue weighted by Crippen LogP contribution is -2.46. The minimum Gasteiger partial charge on any atom is -0.464 e. The molecule has 0 aliphatic heterocycles. The molecule has 1 unspecified atom stereocenters. The Kier molecular flexibility index (Phi) is 26.9. The van der Waals surface area contributed by atoms with Crippen LogP contribution >= 0.6 is 0 Å². The Bertz CT molecular complexity index is 1670. The van der Waals surface area contributed by atoms with Crippen LogP contribution in [0.1, 0.15) is 95.4 Å². The van der Waals surface area contributed by atoms with Crippen molar-refractivity contribution in [3.05, 3.63) is 48.6 Å². The number of carbonyl (C=O) groups excluding carboxylic acids is 7. The van der Waals surface area contributed by atoms with Gasteiger partial charge in [-0.15, -0.1) is 0 Å². The van der Waals surface area contributed by atoms with Crippen LogP contribution in [0.5, 0.6) is 0 Å². The average Bonchev–Trinajstić information content (AvgIpc) is 3.18. The summed E-state index contributed by atoms with van der Waals surface area (Å²) in [6, 6.07) is 0. The lowest BCUT2D eigenvalue weighted by Gasteiger charge is -2.36. The van der Waals surface area contributed by atoms with Crippen LogP contribution in [0.2, 0.25) is 0 Å². The number of esters is 7. The Morgan fingerprint density at radius 3 is 0.894 bits per heavy atom. The zero-order valence-electron chi connectivity index (χ0n) is 39.0. The quantitative estimate of drug-likeness (QED) is 0.0433. The van der Waals surface area contributed by atoms with Gasteiger partial charge >= 0.3 is 60.3 Å². The molecule has 0 rings (SSSR count). The van der Waals surface area contributed by atoms with Crippen LogP contribution in [0.4, 0.5) is 39.5 Å². The average molecular weight is 973 g/mol. The van der Waals surface area contributed by atoms with E-state index in [1.165, 1.54) is 48.5 Å². The third kappa shape index (κ3) is 28.5. The third-order valence-electron chi connectivity index (χ3n) is 8.63. The van der Waals surface area contributed by atoms with Gasteiger partial charge in [-0.05, 0) is 81.6 Å². The number of hydrogen-bond donors (Lipinski definition) is 0. The second-order valence-corrected chi connectivity index (χ2v) is 16.7. The van der Waals surface area contributed by atoms with Gasteiger partial charge in [-0.3, -0.25) is 14.4 Å². The fourth-order valence-electron chi connectivity index (χ4n) is 4.16. The molecular formula is C43H61F9O14. The van der Waals surface area contributed by atoms with Crippen molar-refractivity contribution < 1.29 is 106 Å². The molecule has 0 spiro atoms. The highest BCUT2D eigenvalue weighted by Gasteiger charge is 2.46. The van der Waals surface area contributed by atoms with Crippen molar-refractivity contribution in [3.63, 3.8) is 0 Å². The van der Waals surface area contributed by atoms with Crippen molar-refractivity contribution in [2.24, 2.45) is 21.7 Å². The molecule has 0 radical (unpaired) electrons. The number of carbonyl (C=O) groups is 7. The van der Waals surface area contributed by atoms with E-state index >= 15 is 0 Å². The van der Waals surface area contributed by atoms with E-state index in [1.807, 2.05) is 0 Å². The molecule has 0 N–H and O–H groups in total. The lowest BCUT2D eigenvalue weighted by atomic mass is 9.72. The first kappa shape index (κ1) is 64.9. The van der Waals surface area contributed by atoms with Gasteiger partial charge in [0.2, 0.25) is 0 Å². The Hall–Kier alpha value is -5.38. The van der Waals surface area contributed by atoms with Crippen LogP contribution in [0.25, 0.3) is 0 Å². The summed E-state index contributed by atoms with van der Waals surface area (Å²) < 4.78 is 140. The number of rotatable bonds is 22. The summed E-state index contributed by atoms with van der Waals surface area (Å²) in [4.78, 5) is 83.7. The molecule has 0 fully saturated rings. The molecule has 0 amide bonds. The smallest absolute Gasteiger partial charge is 0.422 e. The molecule has 0 heterocycles. The summed E-state index contributed by atoms with van der Waals surface area (Å²) in [7, 11) is 0. The predicted molar refractivity (Wildman–Crippen MR) is 217 cm³/mol. The van der Waals surface area contributed by atoms with Gasteiger partial charge in [0.05, 0.1) is 16.2 Å². The van der Waals surface area contributed by atoms with Crippen molar-refractivity contribution in [3.8, 4) is 0 Å². The van der Waals surface area contributed by atoms with Crippen LogP contribution in [-0.4, -0.2) is 107 Å². The Morgan fingerprint density at radius 1 is 0.379 bits per heavy atom. The van der Waals surface area contributed by atoms with Gasteiger partial charge in [-0.25, -0.2) is 19.2 Å². The Morgan fingerprint density at radius 2 is 0.621 bits per heavy atom. The summed E-state index contributed by atoms with van der Waals surface area (Å²) in [5.41, 5.74) is -5.29. The largest absolute Gasteiger partial charge is 0.464 e. The maximum Gasteiger partial charge on any atom is 0.422 e. The van der Waals surface area contributed by atoms with E-state index in [4.69, 9.17) is 18.9 Å². The Balaban J connectivity index is -0.00000133. The Labute approximate surface area is 378 Å². The summed E-state index contributed by atoms with van der Waals surface area (Å²) in [5, 5.41) is 0. The van der Waals surface area contributed by atoms with Gasteiger partial charge in [0, 0.05) is 22.3 Å². The van der Waals surface area contributed by atoms with Crippen molar-refractivity contribution in [2.45, 2.75) is 114 Å². The van der Waals surface area contributed by atoms with Crippen LogP contribution in [0.15, 0.2) is 48.6 Å². The van der Waals surface area contributed by atoms with E-state index in [-0.39, 0.29) is 35.1 Å². The summed E-state index contributed by atoms with van der Waals surface area (Å²) in [6.45, 7) is 22.5. The van der Waals surface area contributed by atoms with E-state index in [1.54, 1.807) is 27.7 Å². The van der Waals surface area contributed by atoms with Crippen LogP contribution in [0, 0.1) is 21.7 Å². The fourth-order valence-corrected chi connectivity index (χ4v) is 4.16. The van der Waals surface area contributed by atoms with Crippen LogP contribution < -0.4 is 0 Å². The topological polar surface area (TPSA) is 184 Å². The molecular weight excluding hydrogens is 911 g/mol. The molecule has 0 aliphatic carbocycles. The zero-order chi connectivity index (χ0) is 52.9. The molecule has 0 bridgehead atoms. The molecule has 0 saturated carbocycles. The van der Waals surface area contributed by atoms with Gasteiger partial charge in [0.25, 0.3) is 0 Å². The van der Waals surface area contributed by atoms with E-state index in [2.05, 4.69) is 40.5 Å². The molecule has 0 aromatic heterocycles. The molecule has 0 aliphatic rings. The summed E-state index contributed by atoms with van der Waals surface area (Å²) in [5.74, 6) is -6.32. The van der Waals surface area contributed by atoms with Gasteiger partial charge in [0.15, 0.2) is 19.8 Å². The normalized spacial score (nSPS) is 12.7. The van der Waals surface area contributed by atoms with Gasteiger partial charge in [-0.1, -0.05) is 40.2 Å². The molecule has 380 valence electrons. The molecule has 66 heavy (non-hydrogen) atoms. The van der Waals surface area contributed by atoms with E-state index < -0.39 is 128 Å². The van der Waals surface area contributed by atoms with E-state index in [9.17, 15) is 73.1 Å². The first-order chi connectivity index (χ1) is 29.5. The number of hydrogen-bond acceptors (Lipinski definition) is 14. The number of halogens is 9. The molecule has 0 saturated heterocycles. The zero-order valence-corrected chi connectivity index (χ0v) is 39.0. The predicted octanol–water partition coefficient (Wildman–Crippen LogP) is 9.01. The standard InChI is InChI=1S/C29H41F3O10.C8H13F3O2.C6H7F3O2/c1-11-27(10,25(37)42-17-29(30,31)32)12-26(8,9)24(36)41-16-28(13-38-21(33)18(2)3,14-39-22(34)19(4)5)15-40-23(35)20(6)7;1-4-7(2,3)6(12)13-5-8(9,10)11;1-4(2)5(10)11-3-6(7,8)9/h2,4,6,11-17H2,1,3,5,7-10H3;4-5H2,1-3H3;1,3H2,2H3. The second-order valence-electron chi connectivity index (χ2n) is 16.7. The molecule has 0 aromatic carbocycles. The SMILES string of the molecule is C=C(C)C(=O)OCC(COC(=O)C(=C)C)(COC(=O)C(=C)C)COC(=O)C(C)(C)CC(C)(CC)C(=O)OCC(F)(F)F.C=C(C)C(=O)OCC(F)(F)F.CCC(C)(C)C(=O)OCC(F)(F)F. The van der Waals surface area contributed by atoms with Crippen molar-refractivity contribution in [1.82, 2.24) is 0 Å². The third-order valence-corrected chi connectivity index (χ3v) is 8.63. The first-order valence-corrected chi connectivity index (χ1v) is 19.5. The fraction of sp³-hybridized carbons (Fsp3) is 0.651. The van der Waals surface area contributed by atoms with Crippen LogP contribution in [0.3, 0.4) is 0 Å². The maximum absolute atomic E-state index is 13.3. The minimum atomic E-state index is -4.73. The van der Waals surface area contributed by atoms with Gasteiger partial charge in [0.1, 0.15) is 31.8 Å². The summed E-state index contributed by atoms with van der Waals surface area (Å²) >= 11 is 0. The van der Waals surface area contributed by atoms with Gasteiger partial charge in [-0.2, -0.15) is 39.5 Å². The molecule has 23 heteroatoms. The van der Waals surface area contributed by atoms with Crippen molar-refractivity contribution in [2.75, 3.05) is 46.2 Å². The molecule has 0 aromatic rings. The lowest BCUT2D eigenvalue weighted by molar-refractivity contribution is -0.195. The maximum atomic E-state index is 13.3. The van der Waals surface area contributed by atoms with Crippen molar-refractivity contribution >= 4 is 41.8 Å². The number of alkyl halides is 9. The van der Waals surface area contributed by atoms with E-state index in [0.717, 1.165) is 0 Å². The van der Waals surface area contributed by atoms with Crippen molar-refractivity contribution in [1.29, 1.82) is 0 Å². The first-order valence-electron chi connectivity index (χ1n) is 19.5. The molecule has 14 nitrogen and oxygen atoms in total. The second kappa shape index (κ2) is 27.3. The molecule has 1 atom stereocenters.